The van der Waals surface area contributed by atoms with Gasteiger partial charge in [-0.2, -0.15) is 0 Å². The molecule has 0 unspecified atom stereocenters. The van der Waals surface area contributed by atoms with Crippen molar-refractivity contribution in [3.8, 4) is 0 Å². The quantitative estimate of drug-likeness (QED) is 0.697. The van der Waals surface area contributed by atoms with Crippen LogP contribution in [0.1, 0.15) is 67.6 Å². The van der Waals surface area contributed by atoms with Crippen LogP contribution in [0.3, 0.4) is 0 Å². The fraction of sp³-hybridized carbons (Fsp3) is 0.562. The third-order valence-corrected chi connectivity index (χ3v) is 3.15. The van der Waals surface area contributed by atoms with Gasteiger partial charge in [-0.05, 0) is 42.4 Å². The summed E-state index contributed by atoms with van der Waals surface area (Å²) < 4.78 is 0. The number of carbonyl (C=O) groups excluding carboxylic acids is 1. The molecule has 0 saturated carbocycles. The minimum atomic E-state index is 0.141. The Morgan fingerprint density at radius 1 is 1.12 bits per heavy atom. The average Bonchev–Trinajstić information content (AvgIpc) is 2.15. The molecule has 1 aromatic rings. The molecule has 0 saturated heterocycles. The third kappa shape index (κ3) is 3.18. The van der Waals surface area contributed by atoms with Crippen LogP contribution in [0.15, 0.2) is 12.1 Å². The summed E-state index contributed by atoms with van der Waals surface area (Å²) in [4.78, 5) is 12.0. The van der Waals surface area contributed by atoms with Crippen molar-refractivity contribution >= 4 is 5.78 Å². The molecule has 0 aromatic heterocycles. The Balaban J connectivity index is 3.25. The van der Waals surface area contributed by atoms with Crippen LogP contribution >= 0.6 is 0 Å². The Morgan fingerprint density at radius 3 is 1.94 bits per heavy atom. The zero-order valence-corrected chi connectivity index (χ0v) is 12.0. The predicted octanol–water partition coefficient (Wildman–Crippen LogP) is 4.58. The lowest BCUT2D eigenvalue weighted by Gasteiger charge is -2.22. The smallest absolute Gasteiger partial charge is 0.163 e. The molecular formula is C16H24O. The molecule has 1 heteroatoms. The maximum Gasteiger partial charge on any atom is 0.163 e. The van der Waals surface area contributed by atoms with Crippen LogP contribution in [0.2, 0.25) is 0 Å². The standard InChI is InChI=1S/C16H24O/c1-7-8-14(17)15-11(2)9-13(10-12(15)3)16(4,5)6/h9-10H,7-8H2,1-6H3. The first-order valence-electron chi connectivity index (χ1n) is 6.42. The highest BCUT2D eigenvalue weighted by atomic mass is 16.1. The number of carbonyl (C=O) groups is 1. The predicted molar refractivity (Wildman–Crippen MR) is 73.9 cm³/mol. The first-order valence-corrected chi connectivity index (χ1v) is 6.42. The van der Waals surface area contributed by atoms with Gasteiger partial charge in [-0.3, -0.25) is 4.79 Å². The molecule has 0 bridgehead atoms. The van der Waals surface area contributed by atoms with E-state index in [0.29, 0.717) is 6.42 Å². The van der Waals surface area contributed by atoms with Crippen molar-refractivity contribution in [1.82, 2.24) is 0 Å². The van der Waals surface area contributed by atoms with Gasteiger partial charge in [-0.1, -0.05) is 39.8 Å². The summed E-state index contributed by atoms with van der Waals surface area (Å²) >= 11 is 0. The van der Waals surface area contributed by atoms with Crippen molar-refractivity contribution in [1.29, 1.82) is 0 Å². The summed E-state index contributed by atoms with van der Waals surface area (Å²) in [5.74, 6) is 0.281. The monoisotopic (exact) mass is 232 g/mol. The first-order chi connectivity index (χ1) is 7.77. The summed E-state index contributed by atoms with van der Waals surface area (Å²) in [6.07, 6.45) is 1.56. The minimum Gasteiger partial charge on any atom is -0.294 e. The van der Waals surface area contributed by atoms with E-state index in [2.05, 4.69) is 32.9 Å². The molecule has 0 heterocycles. The molecule has 1 rings (SSSR count). The van der Waals surface area contributed by atoms with E-state index in [1.165, 1.54) is 5.56 Å². The number of ketones is 1. The highest BCUT2D eigenvalue weighted by Gasteiger charge is 2.18. The molecule has 0 fully saturated rings. The van der Waals surface area contributed by atoms with E-state index >= 15 is 0 Å². The summed E-state index contributed by atoms with van der Waals surface area (Å²) in [6.45, 7) is 12.8. The lowest BCUT2D eigenvalue weighted by Crippen LogP contribution is -2.14. The Kier molecular flexibility index (Phi) is 4.13. The van der Waals surface area contributed by atoms with Crippen molar-refractivity contribution in [2.75, 3.05) is 0 Å². The van der Waals surface area contributed by atoms with Crippen LogP contribution in [0.5, 0.6) is 0 Å². The van der Waals surface area contributed by atoms with Crippen LogP contribution < -0.4 is 0 Å². The van der Waals surface area contributed by atoms with Gasteiger partial charge in [-0.15, -0.1) is 0 Å². The van der Waals surface area contributed by atoms with E-state index in [9.17, 15) is 4.79 Å². The summed E-state index contributed by atoms with van der Waals surface area (Å²) in [5.41, 5.74) is 4.61. The molecule has 17 heavy (non-hydrogen) atoms. The Labute approximate surface area is 105 Å². The van der Waals surface area contributed by atoms with Gasteiger partial charge in [-0.25, -0.2) is 0 Å². The van der Waals surface area contributed by atoms with Gasteiger partial charge >= 0.3 is 0 Å². The molecule has 1 nitrogen and oxygen atoms in total. The number of rotatable bonds is 3. The fourth-order valence-electron chi connectivity index (χ4n) is 2.19. The van der Waals surface area contributed by atoms with Crippen molar-refractivity contribution in [2.45, 2.75) is 59.8 Å². The van der Waals surface area contributed by atoms with Gasteiger partial charge in [0.15, 0.2) is 5.78 Å². The highest BCUT2D eigenvalue weighted by molar-refractivity contribution is 5.98. The summed E-state index contributed by atoms with van der Waals surface area (Å²) in [7, 11) is 0. The molecule has 0 N–H and O–H groups in total. The molecular weight excluding hydrogens is 208 g/mol. The molecule has 0 spiro atoms. The van der Waals surface area contributed by atoms with Crippen molar-refractivity contribution in [3.05, 3.63) is 34.4 Å². The number of Topliss-reactive ketones (excluding diaryl/α,β-unsaturated/α-hetero) is 1. The fourth-order valence-corrected chi connectivity index (χ4v) is 2.19. The highest BCUT2D eigenvalue weighted by Crippen LogP contribution is 2.27. The van der Waals surface area contributed by atoms with E-state index in [4.69, 9.17) is 0 Å². The number of hydrogen-bond donors (Lipinski definition) is 0. The molecule has 94 valence electrons. The zero-order valence-electron chi connectivity index (χ0n) is 12.0. The second kappa shape index (κ2) is 5.03. The van der Waals surface area contributed by atoms with Crippen LogP contribution in [-0.2, 0) is 5.41 Å². The lowest BCUT2D eigenvalue weighted by atomic mass is 9.83. The van der Waals surface area contributed by atoms with Gasteiger partial charge < -0.3 is 0 Å². The Hall–Kier alpha value is -1.11. The van der Waals surface area contributed by atoms with E-state index in [1.54, 1.807) is 0 Å². The molecule has 0 atom stereocenters. The molecule has 0 aliphatic rings. The molecule has 0 aliphatic carbocycles. The normalized spacial score (nSPS) is 11.6. The van der Waals surface area contributed by atoms with Crippen LogP contribution in [0.4, 0.5) is 0 Å². The van der Waals surface area contributed by atoms with Crippen molar-refractivity contribution in [2.24, 2.45) is 0 Å². The molecule has 0 amide bonds. The molecule has 0 radical (unpaired) electrons. The Bertz CT molecular complexity index is 399. The van der Waals surface area contributed by atoms with Crippen molar-refractivity contribution in [3.63, 3.8) is 0 Å². The molecule has 1 aromatic carbocycles. The van der Waals surface area contributed by atoms with E-state index in [1.807, 2.05) is 20.8 Å². The van der Waals surface area contributed by atoms with E-state index in [-0.39, 0.29) is 11.2 Å². The maximum atomic E-state index is 12.0. The number of benzene rings is 1. The minimum absolute atomic E-state index is 0.141. The SMILES string of the molecule is CCCC(=O)c1c(C)cc(C(C)(C)C)cc1C. The number of hydrogen-bond acceptors (Lipinski definition) is 1. The Morgan fingerprint density at radius 2 is 1.59 bits per heavy atom. The summed E-state index contributed by atoms with van der Waals surface area (Å²) in [5, 5.41) is 0. The van der Waals surface area contributed by atoms with Gasteiger partial charge in [0, 0.05) is 12.0 Å². The van der Waals surface area contributed by atoms with E-state index < -0.39 is 0 Å². The second-order valence-corrected chi connectivity index (χ2v) is 5.91. The van der Waals surface area contributed by atoms with Gasteiger partial charge in [0.2, 0.25) is 0 Å². The largest absolute Gasteiger partial charge is 0.294 e. The van der Waals surface area contributed by atoms with Gasteiger partial charge in [0.25, 0.3) is 0 Å². The van der Waals surface area contributed by atoms with Crippen LogP contribution in [-0.4, -0.2) is 5.78 Å². The zero-order chi connectivity index (χ0) is 13.2. The third-order valence-electron chi connectivity index (χ3n) is 3.15. The lowest BCUT2D eigenvalue weighted by molar-refractivity contribution is 0.0980. The average molecular weight is 232 g/mol. The topological polar surface area (TPSA) is 17.1 Å². The van der Waals surface area contributed by atoms with Crippen molar-refractivity contribution < 1.29 is 4.79 Å². The van der Waals surface area contributed by atoms with Gasteiger partial charge in [0.1, 0.15) is 0 Å². The van der Waals surface area contributed by atoms with Crippen LogP contribution in [0, 0.1) is 13.8 Å². The second-order valence-electron chi connectivity index (χ2n) is 5.91. The van der Waals surface area contributed by atoms with E-state index in [0.717, 1.165) is 23.1 Å². The summed E-state index contributed by atoms with van der Waals surface area (Å²) in [6, 6.07) is 4.33. The van der Waals surface area contributed by atoms with Crippen LogP contribution in [0.25, 0.3) is 0 Å². The molecule has 0 aliphatic heterocycles. The first kappa shape index (κ1) is 14.0. The van der Waals surface area contributed by atoms with Gasteiger partial charge in [0.05, 0.1) is 0 Å². The maximum absolute atomic E-state index is 12.0. The number of aryl methyl sites for hydroxylation is 2.